The fourth-order valence-electron chi connectivity index (χ4n) is 9.13. The molecule has 4 fully saturated rings. The van der Waals surface area contributed by atoms with Gasteiger partial charge >= 0.3 is 0 Å². The van der Waals surface area contributed by atoms with Crippen molar-refractivity contribution in [2.75, 3.05) is 12.3 Å². The number of aliphatic hydroxyl groups excluding tert-OH is 2. The molecule has 0 aromatic rings. The molecule has 0 aromatic heterocycles. The minimum atomic E-state index is -4.07. The summed E-state index contributed by atoms with van der Waals surface area (Å²) in [5.41, 5.74) is 0.105. The van der Waals surface area contributed by atoms with Gasteiger partial charge in [0.2, 0.25) is 5.91 Å². The highest BCUT2D eigenvalue weighted by Crippen LogP contribution is 2.68. The van der Waals surface area contributed by atoms with E-state index < -0.39 is 15.9 Å². The number of nitrogens with one attached hydrogen (secondary N) is 1. The minimum absolute atomic E-state index is 0.0756. The summed E-state index contributed by atoms with van der Waals surface area (Å²) in [4.78, 5) is 12.2. The van der Waals surface area contributed by atoms with Gasteiger partial charge in [0, 0.05) is 13.0 Å². The van der Waals surface area contributed by atoms with E-state index in [1.54, 1.807) is 0 Å². The van der Waals surface area contributed by atoms with E-state index in [1.165, 1.54) is 12.8 Å². The summed E-state index contributed by atoms with van der Waals surface area (Å²) in [6.45, 7) is 6.86. The Hall–Kier alpha value is -0.700. The molecular weight excluding hydrogens is 454 g/mol. The van der Waals surface area contributed by atoms with Crippen molar-refractivity contribution in [3.05, 3.63) is 0 Å². The first-order chi connectivity index (χ1) is 15.9. The highest BCUT2D eigenvalue weighted by molar-refractivity contribution is 7.85. The van der Waals surface area contributed by atoms with Crippen LogP contribution in [0.3, 0.4) is 0 Å². The van der Waals surface area contributed by atoms with E-state index in [9.17, 15) is 23.4 Å². The van der Waals surface area contributed by atoms with Gasteiger partial charge in [-0.25, -0.2) is 0 Å². The number of fused-ring (bicyclic) bond motifs is 5. The highest BCUT2D eigenvalue weighted by atomic mass is 32.2. The number of hydrogen-bond donors (Lipinski definition) is 4. The molecule has 1 amide bonds. The summed E-state index contributed by atoms with van der Waals surface area (Å²) in [6.07, 6.45) is 8.93. The third kappa shape index (κ3) is 4.81. The Bertz CT molecular complexity index is 863. The average molecular weight is 500 g/mol. The Balaban J connectivity index is 1.40. The summed E-state index contributed by atoms with van der Waals surface area (Å²) >= 11 is 0. The molecule has 4 aliphatic carbocycles. The van der Waals surface area contributed by atoms with Crippen molar-refractivity contribution in [1.82, 2.24) is 5.32 Å². The van der Waals surface area contributed by atoms with E-state index in [1.807, 2.05) is 0 Å². The van der Waals surface area contributed by atoms with E-state index in [4.69, 9.17) is 4.55 Å². The Morgan fingerprint density at radius 3 is 2.50 bits per heavy atom. The monoisotopic (exact) mass is 499 g/mol. The van der Waals surface area contributed by atoms with Crippen LogP contribution in [0.2, 0.25) is 0 Å². The summed E-state index contributed by atoms with van der Waals surface area (Å²) < 4.78 is 30.5. The van der Waals surface area contributed by atoms with Crippen molar-refractivity contribution in [1.29, 1.82) is 0 Å². The molecule has 7 nitrogen and oxygen atoms in total. The van der Waals surface area contributed by atoms with Gasteiger partial charge in [-0.15, -0.1) is 0 Å². The molecule has 4 N–H and O–H groups in total. The lowest BCUT2D eigenvalue weighted by Gasteiger charge is -2.62. The third-order valence-electron chi connectivity index (χ3n) is 11.0. The first-order valence-corrected chi connectivity index (χ1v) is 15.0. The normalized spacial score (nSPS) is 45.1. The number of amides is 1. The lowest BCUT2D eigenvalue weighted by Crippen LogP contribution is -2.58. The van der Waals surface area contributed by atoms with Crippen LogP contribution in [0.5, 0.6) is 0 Å². The maximum atomic E-state index is 12.2. The van der Waals surface area contributed by atoms with E-state index in [0.29, 0.717) is 48.3 Å². The second kappa shape index (κ2) is 9.64. The minimum Gasteiger partial charge on any atom is -0.393 e. The van der Waals surface area contributed by atoms with Crippen molar-refractivity contribution < 1.29 is 28.0 Å². The van der Waals surface area contributed by atoms with Crippen LogP contribution in [-0.2, 0) is 14.9 Å². The molecule has 196 valence electrons. The fraction of sp³-hybridized carbons (Fsp3) is 0.962. The van der Waals surface area contributed by atoms with Gasteiger partial charge < -0.3 is 15.5 Å². The molecule has 34 heavy (non-hydrogen) atoms. The SMILES string of the molecule is CC(CCC(=O)NCCS(=O)(=O)O)[C@H]1CC[C@H]2C3CCC4C[C@H](O)CC[C@]4(C)[C@H]3C[C@H](O)[C@]12C. The predicted octanol–water partition coefficient (Wildman–Crippen LogP) is 3.40. The van der Waals surface area contributed by atoms with Gasteiger partial charge in [-0.05, 0) is 104 Å². The second-order valence-corrected chi connectivity index (χ2v) is 14.1. The Morgan fingerprint density at radius 2 is 1.79 bits per heavy atom. The largest absolute Gasteiger partial charge is 0.393 e. The zero-order chi connectivity index (χ0) is 24.9. The molecule has 3 unspecified atom stereocenters. The van der Waals surface area contributed by atoms with Crippen molar-refractivity contribution in [2.24, 2.45) is 46.3 Å². The first-order valence-electron chi connectivity index (χ1n) is 13.4. The van der Waals surface area contributed by atoms with E-state index in [-0.39, 0.29) is 35.5 Å². The topological polar surface area (TPSA) is 124 Å². The van der Waals surface area contributed by atoms with Gasteiger partial charge in [-0.3, -0.25) is 9.35 Å². The van der Waals surface area contributed by atoms with Gasteiger partial charge in [0.05, 0.1) is 18.0 Å². The van der Waals surface area contributed by atoms with Crippen LogP contribution in [0.25, 0.3) is 0 Å². The van der Waals surface area contributed by atoms with Crippen molar-refractivity contribution >= 4 is 16.0 Å². The summed E-state index contributed by atoms with van der Waals surface area (Å²) in [5, 5.41) is 24.5. The van der Waals surface area contributed by atoms with Gasteiger partial charge in [0.15, 0.2) is 0 Å². The molecule has 0 aliphatic heterocycles. The molecule has 4 saturated carbocycles. The molecule has 0 radical (unpaired) electrons. The quantitative estimate of drug-likeness (QED) is 0.398. The molecule has 4 aliphatic rings. The van der Waals surface area contributed by atoms with Crippen molar-refractivity contribution in [3.8, 4) is 0 Å². The standard InChI is InChI=1S/C26H45NO6S/c1-16(4-9-24(30)27-12-13-34(31,32)33)20-7-8-21-19-6-5-17-14-18(28)10-11-25(17,2)22(19)15-23(29)26(20,21)3/h16-23,28-29H,4-15H2,1-3H3,(H,27,30)(H,31,32,33)/t16?,17?,18-,19?,20-,21+,22+,23+,25+,26-/m1/s1. The van der Waals surface area contributed by atoms with Gasteiger partial charge in [-0.1, -0.05) is 20.8 Å². The molecule has 10 atom stereocenters. The zero-order valence-corrected chi connectivity index (χ0v) is 21.9. The average Bonchev–Trinajstić information content (AvgIpc) is 3.11. The Labute approximate surface area is 205 Å². The number of hydrogen-bond acceptors (Lipinski definition) is 5. The Kier molecular flexibility index (Phi) is 7.47. The van der Waals surface area contributed by atoms with Crippen LogP contribution in [0.15, 0.2) is 0 Å². The van der Waals surface area contributed by atoms with E-state index in [2.05, 4.69) is 26.1 Å². The lowest BCUT2D eigenvalue weighted by molar-refractivity contribution is -0.174. The smallest absolute Gasteiger partial charge is 0.266 e. The van der Waals surface area contributed by atoms with Crippen LogP contribution in [-0.4, -0.2) is 53.6 Å². The summed E-state index contributed by atoms with van der Waals surface area (Å²) in [7, 11) is -4.07. The van der Waals surface area contributed by atoms with E-state index in [0.717, 1.165) is 38.5 Å². The van der Waals surface area contributed by atoms with E-state index >= 15 is 0 Å². The highest BCUT2D eigenvalue weighted by Gasteiger charge is 2.63. The van der Waals surface area contributed by atoms with Crippen LogP contribution >= 0.6 is 0 Å². The molecule has 8 heteroatoms. The molecule has 0 bridgehead atoms. The first kappa shape index (κ1) is 26.4. The summed E-state index contributed by atoms with van der Waals surface area (Å²) in [6, 6.07) is 0. The number of carbonyl (C=O) groups is 1. The molecule has 0 spiro atoms. The molecular formula is C26H45NO6S. The predicted molar refractivity (Wildman–Crippen MR) is 130 cm³/mol. The molecule has 4 rings (SSSR count). The van der Waals surface area contributed by atoms with Crippen LogP contribution < -0.4 is 5.32 Å². The second-order valence-electron chi connectivity index (χ2n) is 12.5. The zero-order valence-electron chi connectivity index (χ0n) is 21.1. The maximum absolute atomic E-state index is 12.2. The lowest BCUT2D eigenvalue weighted by atomic mass is 9.43. The fourth-order valence-corrected chi connectivity index (χ4v) is 9.49. The van der Waals surface area contributed by atoms with Gasteiger partial charge in [-0.2, -0.15) is 8.42 Å². The summed E-state index contributed by atoms with van der Waals surface area (Å²) in [5.74, 6) is 2.28. The Morgan fingerprint density at radius 1 is 1.06 bits per heavy atom. The number of aliphatic hydroxyl groups is 2. The number of rotatable bonds is 7. The molecule has 0 saturated heterocycles. The van der Waals surface area contributed by atoms with Crippen LogP contribution in [0, 0.1) is 46.3 Å². The molecule has 0 aromatic carbocycles. The van der Waals surface area contributed by atoms with Crippen LogP contribution in [0.1, 0.15) is 85.0 Å². The third-order valence-corrected chi connectivity index (χ3v) is 11.7. The molecule has 0 heterocycles. The number of carbonyl (C=O) groups excluding carboxylic acids is 1. The van der Waals surface area contributed by atoms with Crippen LogP contribution in [0.4, 0.5) is 0 Å². The van der Waals surface area contributed by atoms with Gasteiger partial charge in [0.25, 0.3) is 10.1 Å². The van der Waals surface area contributed by atoms with Gasteiger partial charge in [0.1, 0.15) is 0 Å². The van der Waals surface area contributed by atoms with Crippen molar-refractivity contribution in [3.63, 3.8) is 0 Å². The van der Waals surface area contributed by atoms with Crippen molar-refractivity contribution in [2.45, 2.75) is 97.2 Å². The maximum Gasteiger partial charge on any atom is 0.266 e.